The lowest BCUT2D eigenvalue weighted by Crippen LogP contribution is -2.27. The molecule has 28 heteroatoms. The summed E-state index contributed by atoms with van der Waals surface area (Å²) in [4.78, 5) is 17.3. The molecule has 0 radical (unpaired) electrons. The van der Waals surface area contributed by atoms with Crippen LogP contribution in [0.4, 0.5) is 39.6 Å². The zero-order valence-electron chi connectivity index (χ0n) is 53.4. The highest BCUT2D eigenvalue weighted by atomic mass is 32.2. The van der Waals surface area contributed by atoms with Crippen LogP contribution >= 0.6 is 22.7 Å². The molecule has 0 saturated heterocycles. The first kappa shape index (κ1) is 69.2. The minimum Gasteiger partial charge on any atom is -0.338 e. The molecule has 0 spiro atoms. The van der Waals surface area contributed by atoms with Crippen LogP contribution in [-0.2, 0) is 45.5 Å². The van der Waals surface area contributed by atoms with Gasteiger partial charge in [-0.15, -0.1) is 10.2 Å². The molecule has 0 aliphatic carbocycles. The van der Waals surface area contributed by atoms with Crippen LogP contribution in [0.5, 0.6) is 0 Å². The Kier molecular flexibility index (Phi) is 21.6. The smallest absolute Gasteiger partial charge is 0.241 e. The summed E-state index contributed by atoms with van der Waals surface area (Å²) in [5, 5.41) is 29.8. The summed E-state index contributed by atoms with van der Waals surface area (Å²) in [7, 11) is -16.0. The lowest BCUT2D eigenvalue weighted by Gasteiger charge is -2.28. The van der Waals surface area contributed by atoms with Gasteiger partial charge in [0.2, 0.25) is 45.2 Å². The Bertz CT molecular complexity index is 4580. The molecule has 8 aromatic rings. The van der Waals surface area contributed by atoms with Gasteiger partial charge in [0, 0.05) is 37.3 Å². The fourth-order valence-electron chi connectivity index (χ4n) is 10.6. The molecule has 0 amide bonds. The number of thiazole rings is 2. The number of nitrogens with zero attached hydrogens (tertiary/aromatic N) is 9. The third-order valence-corrected chi connectivity index (χ3v) is 23.5. The van der Waals surface area contributed by atoms with Gasteiger partial charge in [0.15, 0.2) is 16.8 Å². The number of benzene rings is 4. The number of nitrogens with one attached hydrogen (secondary N) is 5. The van der Waals surface area contributed by atoms with Gasteiger partial charge in [-0.05, 0) is 156 Å². The first-order chi connectivity index (χ1) is 42.4. The number of sulfonamides is 4. The quantitative estimate of drug-likeness (QED) is 0.0225. The highest BCUT2D eigenvalue weighted by molar-refractivity contribution is 7.90. The van der Waals surface area contributed by atoms with Crippen LogP contribution in [0, 0.1) is 59.8 Å². The van der Waals surface area contributed by atoms with Gasteiger partial charge >= 0.3 is 0 Å². The second-order valence-corrected chi connectivity index (χ2v) is 32.3. The molecule has 0 fully saturated rings. The average Bonchev–Trinajstić information content (AvgIpc) is 1.20. The van der Waals surface area contributed by atoms with Crippen molar-refractivity contribution in [2.75, 3.05) is 36.4 Å². The van der Waals surface area contributed by atoms with Crippen molar-refractivity contribution in [2.45, 2.75) is 173 Å². The molecule has 22 nitrogen and oxygen atoms in total. The van der Waals surface area contributed by atoms with Crippen molar-refractivity contribution in [2.24, 2.45) is 10.2 Å². The highest BCUT2D eigenvalue weighted by Crippen LogP contribution is 2.47. The van der Waals surface area contributed by atoms with E-state index in [1.54, 1.807) is 82.0 Å². The van der Waals surface area contributed by atoms with Gasteiger partial charge in [-0.2, -0.15) is 15.0 Å². The van der Waals surface area contributed by atoms with E-state index in [4.69, 9.17) is 30.3 Å². The molecular weight excluding hydrogens is 1260 g/mol. The van der Waals surface area contributed by atoms with E-state index in [0.717, 1.165) is 37.0 Å². The van der Waals surface area contributed by atoms with E-state index in [2.05, 4.69) is 30.3 Å². The van der Waals surface area contributed by atoms with Crippen molar-refractivity contribution in [3.63, 3.8) is 0 Å². The van der Waals surface area contributed by atoms with Gasteiger partial charge < -0.3 is 5.32 Å². The first-order valence-electron chi connectivity index (χ1n) is 30.0. The fourth-order valence-corrected chi connectivity index (χ4v) is 18.0. The molecule has 0 bridgehead atoms. The van der Waals surface area contributed by atoms with Gasteiger partial charge in [-0.3, -0.25) is 4.90 Å². The minimum absolute atomic E-state index is 0.00412. The summed E-state index contributed by atoms with van der Waals surface area (Å²) in [6, 6.07) is 16.9. The van der Waals surface area contributed by atoms with Crippen molar-refractivity contribution in [1.82, 2.24) is 43.6 Å². The predicted octanol–water partition coefficient (Wildman–Crippen LogP) is 13.8. The van der Waals surface area contributed by atoms with E-state index in [1.165, 1.54) is 28.2 Å². The van der Waals surface area contributed by atoms with Crippen LogP contribution in [0.15, 0.2) is 84.4 Å². The Morgan fingerprint density at radius 1 is 0.578 bits per heavy atom. The van der Waals surface area contributed by atoms with Gasteiger partial charge in [0.05, 0.1) is 51.4 Å². The Morgan fingerprint density at radius 2 is 1.07 bits per heavy atom. The number of aromatic nitrogens is 5. The number of hydrogen-bond acceptors (Lipinski definition) is 19. The summed E-state index contributed by atoms with van der Waals surface area (Å²) in [6.07, 6.45) is 5.66. The molecule has 4 aromatic heterocycles. The predicted molar refractivity (Wildman–Crippen MR) is 360 cm³/mol. The number of azo groups is 1. The van der Waals surface area contributed by atoms with E-state index in [9.17, 15) is 38.9 Å². The maximum Gasteiger partial charge on any atom is 0.241 e. The molecule has 0 atom stereocenters. The molecule has 0 aliphatic rings. The SMILES string of the molecule is CCCCNS(=O)(=O)c1ccc2nc(N(c3cc(C)c(N=Nc4c(C#N)c(C(C)(C)C)nn4-c4nc5ccc(S(=O)(=O)NCCCC)cc5s4)c(Nc4c(C)cc(C)c(S(=O)(=O)NCCCC)c4C)n3)c3c(C)cc(C)c(S(=O)(=O)NCCCC)c3C)sc2c1. The first-order valence-corrected chi connectivity index (χ1v) is 37.6. The lowest BCUT2D eigenvalue weighted by atomic mass is 9.90. The molecule has 0 aliphatic heterocycles. The van der Waals surface area contributed by atoms with Gasteiger partial charge in [0.25, 0.3) is 0 Å². The normalized spacial score (nSPS) is 12.7. The molecule has 5 N–H and O–H groups in total. The monoisotopic (exact) mass is 1340 g/mol. The van der Waals surface area contributed by atoms with Gasteiger partial charge in [0.1, 0.15) is 23.1 Å². The van der Waals surface area contributed by atoms with Crippen LogP contribution < -0.4 is 29.1 Å². The summed E-state index contributed by atoms with van der Waals surface area (Å²) < 4.78 is 125. The van der Waals surface area contributed by atoms with E-state index in [-0.39, 0.29) is 79.6 Å². The second kappa shape index (κ2) is 28.1. The third-order valence-electron chi connectivity index (χ3n) is 15.1. The lowest BCUT2D eigenvalue weighted by molar-refractivity contribution is 0.559. The number of pyridine rings is 1. The number of unbranched alkanes of at least 4 members (excludes halogenated alkanes) is 4. The molecule has 4 aromatic carbocycles. The molecule has 0 saturated carbocycles. The minimum atomic E-state index is -4.12. The summed E-state index contributed by atoms with van der Waals surface area (Å²) in [6.45, 7) is 26.9. The molecule has 4 heterocycles. The number of nitriles is 1. The number of fused-ring (bicyclic) bond motifs is 2. The summed E-state index contributed by atoms with van der Waals surface area (Å²) >= 11 is 2.32. The van der Waals surface area contributed by atoms with Crippen molar-refractivity contribution in [3.8, 4) is 11.2 Å². The number of anilines is 5. The topological polar surface area (TPSA) is 305 Å². The van der Waals surface area contributed by atoms with Crippen LogP contribution in [0.25, 0.3) is 25.6 Å². The number of rotatable bonds is 28. The highest BCUT2D eigenvalue weighted by Gasteiger charge is 2.33. The average molecular weight is 1340 g/mol. The van der Waals surface area contributed by atoms with Crippen LogP contribution in [0.3, 0.4) is 0 Å². The number of hydrogen-bond donors (Lipinski definition) is 5. The van der Waals surface area contributed by atoms with Crippen LogP contribution in [-0.4, -0.2) is 84.6 Å². The Labute approximate surface area is 537 Å². The summed E-state index contributed by atoms with van der Waals surface area (Å²) in [5.41, 5.74) is 5.14. The maximum absolute atomic E-state index is 14.5. The molecular formula is C62H80N14O8S6. The Morgan fingerprint density at radius 3 is 1.58 bits per heavy atom. The van der Waals surface area contributed by atoms with E-state index >= 15 is 0 Å². The third kappa shape index (κ3) is 14.8. The standard InChI is InChI=1S/C62H80N14O8S6/c1-15-19-27-64-87(77,78)44-23-25-47-49(34-44)85-60(68-47)75(54-39(7)32-41(9)56(43(54)11)90(83,84)67-30-22-18-4)51-33-38(6)53(58(70-51)71-52-37(5)31-40(8)55(42(52)10)89(81,82)66-29-21-17-3)72-73-59-46(36-63)57(62(12,13)14)74-76(59)61-69-48-26-24-45(35-50(48)86-61)88(79,80)65-28-20-16-2/h23-26,31-35,64-67H,15-22,27-30H2,1-14H3,(H,70,71). The van der Waals surface area contributed by atoms with Crippen molar-refractivity contribution in [3.05, 3.63) is 105 Å². The van der Waals surface area contributed by atoms with Crippen molar-refractivity contribution in [1.29, 1.82) is 5.26 Å². The van der Waals surface area contributed by atoms with E-state index in [1.807, 2.05) is 62.3 Å². The Balaban J connectivity index is 1.41. The fraction of sp³-hybridized carbons (Fsp3) is 0.435. The van der Waals surface area contributed by atoms with Crippen LogP contribution in [0.2, 0.25) is 0 Å². The molecule has 8 rings (SSSR count). The summed E-state index contributed by atoms with van der Waals surface area (Å²) in [5.74, 6) is 0.261. The number of aryl methyl sites for hydroxylation is 5. The van der Waals surface area contributed by atoms with E-state index < -0.39 is 45.5 Å². The van der Waals surface area contributed by atoms with Crippen molar-refractivity contribution >= 4 is 123 Å². The van der Waals surface area contributed by atoms with Crippen LogP contribution in [0.1, 0.15) is 150 Å². The van der Waals surface area contributed by atoms with Gasteiger partial charge in [-0.1, -0.05) is 109 Å². The maximum atomic E-state index is 14.5. The largest absolute Gasteiger partial charge is 0.338 e. The second-order valence-electron chi connectivity index (χ2n) is 23.4. The van der Waals surface area contributed by atoms with Gasteiger partial charge in [-0.25, -0.2) is 67.5 Å². The molecule has 482 valence electrons. The Hall–Kier alpha value is -6.65. The zero-order valence-corrected chi connectivity index (χ0v) is 58.3. The zero-order chi connectivity index (χ0) is 65.8. The molecule has 0 unspecified atom stereocenters. The molecule has 90 heavy (non-hydrogen) atoms. The van der Waals surface area contributed by atoms with Crippen molar-refractivity contribution < 1.29 is 33.7 Å². The van der Waals surface area contributed by atoms with E-state index in [0.29, 0.717) is 107 Å².